The second-order valence-corrected chi connectivity index (χ2v) is 5.34. The number of urea groups is 1. The number of aliphatic hydroxyl groups is 1. The Labute approximate surface area is 154 Å². The summed E-state index contributed by atoms with van der Waals surface area (Å²) in [5.41, 5.74) is 0.744. The van der Waals surface area contributed by atoms with Crippen molar-refractivity contribution in [3.05, 3.63) is 48.0 Å². The van der Waals surface area contributed by atoms with Gasteiger partial charge in [0.05, 0.1) is 20.3 Å². The SMILES string of the molecule is COc1ccc(NC(=O)NC[C@H](O)c2ccccc2OC)cc1OC(F)F. The van der Waals surface area contributed by atoms with Gasteiger partial charge in [-0.05, 0) is 18.2 Å². The first-order chi connectivity index (χ1) is 12.9. The van der Waals surface area contributed by atoms with E-state index in [9.17, 15) is 18.7 Å². The van der Waals surface area contributed by atoms with Crippen molar-refractivity contribution in [2.24, 2.45) is 0 Å². The predicted molar refractivity (Wildman–Crippen MR) is 94.6 cm³/mol. The third-order valence-electron chi connectivity index (χ3n) is 3.59. The van der Waals surface area contributed by atoms with E-state index in [4.69, 9.17) is 9.47 Å². The number of anilines is 1. The number of carbonyl (C=O) groups is 1. The van der Waals surface area contributed by atoms with Crippen LogP contribution in [0, 0.1) is 0 Å². The van der Waals surface area contributed by atoms with Crippen LogP contribution < -0.4 is 24.8 Å². The van der Waals surface area contributed by atoms with Crippen LogP contribution in [0.3, 0.4) is 0 Å². The van der Waals surface area contributed by atoms with E-state index in [1.807, 2.05) is 0 Å². The molecule has 0 heterocycles. The molecule has 0 aliphatic rings. The number of hydrogen-bond acceptors (Lipinski definition) is 5. The molecule has 0 unspecified atom stereocenters. The minimum Gasteiger partial charge on any atom is -0.496 e. The van der Waals surface area contributed by atoms with Crippen LogP contribution in [0.15, 0.2) is 42.5 Å². The number of aliphatic hydroxyl groups excluding tert-OH is 1. The van der Waals surface area contributed by atoms with Gasteiger partial charge >= 0.3 is 12.6 Å². The first-order valence-electron chi connectivity index (χ1n) is 7.93. The van der Waals surface area contributed by atoms with Gasteiger partial charge in [-0.15, -0.1) is 0 Å². The fourth-order valence-electron chi connectivity index (χ4n) is 2.36. The van der Waals surface area contributed by atoms with Crippen LogP contribution >= 0.6 is 0 Å². The molecule has 2 aromatic rings. The van der Waals surface area contributed by atoms with E-state index in [2.05, 4.69) is 15.4 Å². The van der Waals surface area contributed by atoms with Crippen molar-refractivity contribution in [1.29, 1.82) is 0 Å². The first kappa shape index (κ1) is 20.2. The summed E-state index contributed by atoms with van der Waals surface area (Å²) in [6.45, 7) is -3.11. The third-order valence-corrected chi connectivity index (χ3v) is 3.59. The normalized spacial score (nSPS) is 11.6. The summed E-state index contributed by atoms with van der Waals surface area (Å²) in [6, 6.07) is 10.3. The van der Waals surface area contributed by atoms with Crippen LogP contribution in [0.25, 0.3) is 0 Å². The number of para-hydroxylation sites is 1. The molecule has 9 heteroatoms. The molecule has 0 radical (unpaired) electrons. The molecular formula is C18H20F2N2O5. The average Bonchev–Trinajstić information content (AvgIpc) is 2.66. The zero-order chi connectivity index (χ0) is 19.8. The second kappa shape index (κ2) is 9.58. The van der Waals surface area contributed by atoms with Gasteiger partial charge in [-0.25, -0.2) is 4.79 Å². The number of halogens is 2. The molecule has 27 heavy (non-hydrogen) atoms. The van der Waals surface area contributed by atoms with E-state index in [-0.39, 0.29) is 23.7 Å². The van der Waals surface area contributed by atoms with Crippen molar-refractivity contribution in [3.8, 4) is 17.2 Å². The Hall–Kier alpha value is -3.07. The summed E-state index contributed by atoms with van der Waals surface area (Å²) in [4.78, 5) is 12.0. The summed E-state index contributed by atoms with van der Waals surface area (Å²) < 4.78 is 39.3. The van der Waals surface area contributed by atoms with E-state index in [1.54, 1.807) is 24.3 Å². The zero-order valence-corrected chi connectivity index (χ0v) is 14.7. The lowest BCUT2D eigenvalue weighted by Crippen LogP contribution is -2.32. The number of alkyl halides is 2. The molecule has 0 fully saturated rings. The molecule has 0 aromatic heterocycles. The average molecular weight is 382 g/mol. The maximum Gasteiger partial charge on any atom is 0.387 e. The topological polar surface area (TPSA) is 89.1 Å². The minimum absolute atomic E-state index is 0.0806. The Morgan fingerprint density at radius 3 is 2.44 bits per heavy atom. The fraction of sp³-hybridized carbons (Fsp3) is 0.278. The highest BCUT2D eigenvalue weighted by Crippen LogP contribution is 2.31. The van der Waals surface area contributed by atoms with Gasteiger partial charge in [0.25, 0.3) is 0 Å². The molecule has 0 aliphatic carbocycles. The molecule has 1 atom stereocenters. The van der Waals surface area contributed by atoms with Crippen molar-refractivity contribution in [1.82, 2.24) is 5.32 Å². The van der Waals surface area contributed by atoms with Gasteiger partial charge in [0, 0.05) is 23.9 Å². The number of ether oxygens (including phenoxy) is 3. The summed E-state index contributed by atoms with van der Waals surface area (Å²) in [7, 11) is 2.79. The Morgan fingerprint density at radius 1 is 1.07 bits per heavy atom. The Morgan fingerprint density at radius 2 is 1.78 bits per heavy atom. The van der Waals surface area contributed by atoms with Crippen LogP contribution in [0.2, 0.25) is 0 Å². The highest BCUT2D eigenvalue weighted by Gasteiger charge is 2.15. The summed E-state index contributed by atoms with van der Waals surface area (Å²) in [5.74, 6) is 0.392. The van der Waals surface area contributed by atoms with Crippen LogP contribution in [-0.4, -0.2) is 38.5 Å². The minimum atomic E-state index is -3.03. The number of methoxy groups -OCH3 is 2. The highest BCUT2D eigenvalue weighted by molar-refractivity contribution is 5.89. The van der Waals surface area contributed by atoms with Gasteiger partial charge in [0.2, 0.25) is 0 Å². The van der Waals surface area contributed by atoms with E-state index in [0.29, 0.717) is 11.3 Å². The largest absolute Gasteiger partial charge is 0.496 e. The molecule has 3 N–H and O–H groups in total. The Bertz CT molecular complexity index is 773. The monoisotopic (exact) mass is 382 g/mol. The number of hydrogen-bond donors (Lipinski definition) is 3. The number of nitrogens with one attached hydrogen (secondary N) is 2. The van der Waals surface area contributed by atoms with Crippen LogP contribution in [0.4, 0.5) is 19.3 Å². The Kier molecular flexibility index (Phi) is 7.18. The molecule has 7 nitrogen and oxygen atoms in total. The van der Waals surface area contributed by atoms with E-state index >= 15 is 0 Å². The van der Waals surface area contributed by atoms with Crippen molar-refractivity contribution in [2.75, 3.05) is 26.1 Å². The summed E-state index contributed by atoms with van der Waals surface area (Å²) in [5, 5.41) is 15.2. The molecule has 2 rings (SSSR count). The third kappa shape index (κ3) is 5.71. The Balaban J connectivity index is 1.97. The van der Waals surface area contributed by atoms with Crippen LogP contribution in [0.1, 0.15) is 11.7 Å². The van der Waals surface area contributed by atoms with Gasteiger partial charge in [-0.1, -0.05) is 18.2 Å². The zero-order valence-electron chi connectivity index (χ0n) is 14.7. The van der Waals surface area contributed by atoms with Crippen LogP contribution in [-0.2, 0) is 0 Å². The maximum atomic E-state index is 12.4. The second-order valence-electron chi connectivity index (χ2n) is 5.34. The number of benzene rings is 2. The first-order valence-corrected chi connectivity index (χ1v) is 7.93. The fourth-order valence-corrected chi connectivity index (χ4v) is 2.36. The molecule has 0 saturated heterocycles. The van der Waals surface area contributed by atoms with Crippen molar-refractivity contribution in [2.45, 2.75) is 12.7 Å². The number of amides is 2. The summed E-state index contributed by atoms with van der Waals surface area (Å²) >= 11 is 0. The van der Waals surface area contributed by atoms with Crippen LogP contribution in [0.5, 0.6) is 17.2 Å². The van der Waals surface area contributed by atoms with Crippen molar-refractivity contribution < 1.29 is 32.9 Å². The maximum absolute atomic E-state index is 12.4. The number of rotatable bonds is 8. The standard InChI is InChI=1S/C18H20F2N2O5/c1-25-14-6-4-3-5-12(14)13(23)10-21-18(24)22-11-7-8-15(26-2)16(9-11)27-17(19)20/h3-9,13,17,23H,10H2,1-2H3,(H2,21,22,24)/t13-/m0/s1. The molecule has 0 bridgehead atoms. The van der Waals surface area contributed by atoms with Gasteiger partial charge in [0.15, 0.2) is 11.5 Å². The molecule has 2 amide bonds. The lowest BCUT2D eigenvalue weighted by atomic mass is 10.1. The lowest BCUT2D eigenvalue weighted by molar-refractivity contribution is -0.0511. The van der Waals surface area contributed by atoms with E-state index < -0.39 is 18.7 Å². The molecule has 2 aromatic carbocycles. The van der Waals surface area contributed by atoms with Gasteiger partial charge in [0.1, 0.15) is 5.75 Å². The molecule has 0 saturated carbocycles. The van der Waals surface area contributed by atoms with Crippen molar-refractivity contribution >= 4 is 11.7 Å². The number of carbonyl (C=O) groups excluding carboxylic acids is 1. The predicted octanol–water partition coefficient (Wildman–Crippen LogP) is 3.16. The van der Waals surface area contributed by atoms with Gasteiger partial charge < -0.3 is 30.0 Å². The highest BCUT2D eigenvalue weighted by atomic mass is 19.3. The van der Waals surface area contributed by atoms with E-state index in [1.165, 1.54) is 32.4 Å². The quantitative estimate of drug-likeness (QED) is 0.653. The van der Waals surface area contributed by atoms with E-state index in [0.717, 1.165) is 0 Å². The van der Waals surface area contributed by atoms with Crippen molar-refractivity contribution in [3.63, 3.8) is 0 Å². The summed E-state index contributed by atoms with van der Waals surface area (Å²) in [6.07, 6.45) is -0.986. The molecule has 146 valence electrons. The molecular weight excluding hydrogens is 362 g/mol. The molecule has 0 spiro atoms. The van der Waals surface area contributed by atoms with Gasteiger partial charge in [-0.3, -0.25) is 0 Å². The molecule has 0 aliphatic heterocycles. The van der Waals surface area contributed by atoms with Gasteiger partial charge in [-0.2, -0.15) is 8.78 Å². The lowest BCUT2D eigenvalue weighted by Gasteiger charge is -2.16. The smallest absolute Gasteiger partial charge is 0.387 e.